The number of hydrogen-bond donors (Lipinski definition) is 0. The highest BCUT2D eigenvalue weighted by molar-refractivity contribution is 7.89. The van der Waals surface area contributed by atoms with Gasteiger partial charge in [-0.05, 0) is 48.9 Å². The van der Waals surface area contributed by atoms with E-state index in [1.165, 1.54) is 29.6 Å². The average molecular weight is 361 g/mol. The van der Waals surface area contributed by atoms with Gasteiger partial charge in [-0.15, -0.1) is 0 Å². The molecular weight excluding hydrogens is 345 g/mol. The van der Waals surface area contributed by atoms with Crippen molar-refractivity contribution in [3.63, 3.8) is 0 Å². The van der Waals surface area contributed by atoms with Crippen LogP contribution >= 0.6 is 0 Å². The van der Waals surface area contributed by atoms with Crippen LogP contribution in [-0.4, -0.2) is 29.2 Å². The summed E-state index contributed by atoms with van der Waals surface area (Å²) in [7, 11) is -2.42. The molecule has 0 radical (unpaired) electrons. The molecule has 0 atom stereocenters. The largest absolute Gasteiger partial charge is 0.269 e. The first-order valence-electron chi connectivity index (χ1n) is 7.48. The maximum absolute atomic E-state index is 13.0. The minimum atomic E-state index is -3.81. The number of aromatic nitrogens is 2. The van der Waals surface area contributed by atoms with Crippen LogP contribution in [0.2, 0.25) is 0 Å². The van der Waals surface area contributed by atoms with Gasteiger partial charge in [-0.25, -0.2) is 17.8 Å². The van der Waals surface area contributed by atoms with E-state index in [2.05, 4.69) is 4.98 Å². The molecule has 0 aliphatic rings. The third-order valence-electron chi connectivity index (χ3n) is 3.78. The molecule has 2 heterocycles. The molecule has 0 unspecified atom stereocenters. The zero-order chi connectivity index (χ0) is 18.2. The Labute approximate surface area is 144 Å². The molecule has 2 aromatic heterocycles. The van der Waals surface area contributed by atoms with E-state index in [1.54, 1.807) is 18.3 Å². The zero-order valence-corrected chi connectivity index (χ0v) is 14.5. The first-order valence-corrected chi connectivity index (χ1v) is 8.92. The molecule has 3 rings (SSSR count). The molecule has 0 spiro atoms. The summed E-state index contributed by atoms with van der Waals surface area (Å²) in [5.41, 5.74) is 1.45. The normalized spacial score (nSPS) is 12.0. The number of fused-ring (bicyclic) bond motifs is 1. The quantitative estimate of drug-likeness (QED) is 0.712. The fourth-order valence-electron chi connectivity index (χ4n) is 2.43. The Bertz CT molecular complexity index is 1090. The molecule has 0 fully saturated rings. The predicted molar refractivity (Wildman–Crippen MR) is 91.3 cm³/mol. The fourth-order valence-corrected chi connectivity index (χ4v) is 3.58. The molecule has 0 aliphatic heterocycles. The van der Waals surface area contributed by atoms with Crippen molar-refractivity contribution in [2.75, 3.05) is 7.05 Å². The van der Waals surface area contributed by atoms with Crippen molar-refractivity contribution in [1.82, 2.24) is 13.7 Å². The molecule has 0 saturated heterocycles. The van der Waals surface area contributed by atoms with Crippen molar-refractivity contribution in [1.29, 1.82) is 0 Å². The highest BCUT2D eigenvalue weighted by Gasteiger charge is 2.21. The van der Waals surface area contributed by atoms with E-state index in [0.717, 1.165) is 22.0 Å². The number of pyridine rings is 1. The summed E-state index contributed by atoms with van der Waals surface area (Å²) in [6, 6.07) is 9.42. The maximum atomic E-state index is 13.0. The molecular formula is C17H16FN3O3S. The summed E-state index contributed by atoms with van der Waals surface area (Å²) in [4.78, 5) is 16.5. The highest BCUT2D eigenvalue weighted by Crippen LogP contribution is 2.16. The SMILES string of the molecule is Cc1ccn2c(=O)cc(CN(C)S(=O)(=O)c3ccc(F)cc3)nc2c1. The summed E-state index contributed by atoms with van der Waals surface area (Å²) in [5, 5.41) is 0. The highest BCUT2D eigenvalue weighted by atomic mass is 32.2. The molecule has 8 heteroatoms. The van der Waals surface area contributed by atoms with Crippen molar-refractivity contribution in [2.45, 2.75) is 18.4 Å². The van der Waals surface area contributed by atoms with E-state index in [9.17, 15) is 17.6 Å². The van der Waals surface area contributed by atoms with E-state index in [1.807, 2.05) is 6.92 Å². The zero-order valence-electron chi connectivity index (χ0n) is 13.7. The van der Waals surface area contributed by atoms with Crippen LogP contribution < -0.4 is 5.56 Å². The van der Waals surface area contributed by atoms with Crippen LogP contribution in [0.15, 0.2) is 58.4 Å². The Kier molecular flexibility index (Phi) is 4.40. The summed E-state index contributed by atoms with van der Waals surface area (Å²) in [6.07, 6.45) is 1.63. The molecule has 3 aromatic rings. The third kappa shape index (κ3) is 3.45. The van der Waals surface area contributed by atoms with Crippen LogP contribution in [0.3, 0.4) is 0 Å². The van der Waals surface area contributed by atoms with Crippen molar-refractivity contribution in [2.24, 2.45) is 0 Å². The van der Waals surface area contributed by atoms with Gasteiger partial charge in [0.25, 0.3) is 5.56 Å². The van der Waals surface area contributed by atoms with Gasteiger partial charge in [0.2, 0.25) is 10.0 Å². The molecule has 0 amide bonds. The van der Waals surface area contributed by atoms with Crippen LogP contribution in [0.25, 0.3) is 5.65 Å². The van der Waals surface area contributed by atoms with Gasteiger partial charge >= 0.3 is 0 Å². The Morgan fingerprint density at radius 3 is 2.52 bits per heavy atom. The van der Waals surface area contributed by atoms with Gasteiger partial charge < -0.3 is 0 Å². The molecule has 6 nitrogen and oxygen atoms in total. The van der Waals surface area contributed by atoms with Crippen LogP contribution in [0.5, 0.6) is 0 Å². The summed E-state index contributed by atoms with van der Waals surface area (Å²) >= 11 is 0. The molecule has 130 valence electrons. The third-order valence-corrected chi connectivity index (χ3v) is 5.60. The summed E-state index contributed by atoms with van der Waals surface area (Å²) < 4.78 is 40.5. The second-order valence-corrected chi connectivity index (χ2v) is 7.78. The van der Waals surface area contributed by atoms with E-state index < -0.39 is 15.8 Å². The first kappa shape index (κ1) is 17.2. The van der Waals surface area contributed by atoms with Gasteiger partial charge in [0.15, 0.2) is 0 Å². The lowest BCUT2D eigenvalue weighted by Gasteiger charge is -2.17. The summed E-state index contributed by atoms with van der Waals surface area (Å²) in [6.45, 7) is 1.81. The van der Waals surface area contributed by atoms with Crippen molar-refractivity contribution < 1.29 is 12.8 Å². The number of rotatable bonds is 4. The number of benzene rings is 1. The van der Waals surface area contributed by atoms with Gasteiger partial charge in [-0.3, -0.25) is 9.20 Å². The van der Waals surface area contributed by atoms with Gasteiger partial charge in [-0.2, -0.15) is 4.31 Å². The lowest BCUT2D eigenvalue weighted by Crippen LogP contribution is -2.28. The number of halogens is 1. The van der Waals surface area contributed by atoms with E-state index in [-0.39, 0.29) is 17.0 Å². The standard InChI is InChI=1S/C17H16FN3O3S/c1-12-7-8-21-16(9-12)19-14(10-17(21)22)11-20(2)25(23,24)15-5-3-13(18)4-6-15/h3-10H,11H2,1-2H3. The van der Waals surface area contributed by atoms with Gasteiger partial charge in [-0.1, -0.05) is 0 Å². The lowest BCUT2D eigenvalue weighted by molar-refractivity contribution is 0.462. The van der Waals surface area contributed by atoms with Crippen LogP contribution in [-0.2, 0) is 16.6 Å². The van der Waals surface area contributed by atoms with Crippen LogP contribution in [0.4, 0.5) is 4.39 Å². The molecule has 25 heavy (non-hydrogen) atoms. The van der Waals surface area contributed by atoms with E-state index in [0.29, 0.717) is 11.3 Å². The minimum absolute atomic E-state index is 0.0234. The molecule has 0 aliphatic carbocycles. The van der Waals surface area contributed by atoms with E-state index >= 15 is 0 Å². The van der Waals surface area contributed by atoms with Crippen LogP contribution in [0.1, 0.15) is 11.3 Å². The van der Waals surface area contributed by atoms with Crippen molar-refractivity contribution >= 4 is 15.7 Å². The van der Waals surface area contributed by atoms with Crippen LogP contribution in [0, 0.1) is 12.7 Å². The topological polar surface area (TPSA) is 71.8 Å². The Morgan fingerprint density at radius 1 is 1.16 bits per heavy atom. The van der Waals surface area contributed by atoms with Crippen molar-refractivity contribution in [3.05, 3.63) is 76.1 Å². The Morgan fingerprint density at radius 2 is 1.84 bits per heavy atom. The second kappa shape index (κ2) is 6.38. The lowest BCUT2D eigenvalue weighted by atomic mass is 10.3. The minimum Gasteiger partial charge on any atom is -0.269 e. The first-order chi connectivity index (χ1) is 11.8. The predicted octanol–water partition coefficient (Wildman–Crippen LogP) is 1.96. The number of hydrogen-bond acceptors (Lipinski definition) is 4. The average Bonchev–Trinajstić information content (AvgIpc) is 2.54. The molecule has 0 saturated carbocycles. The molecule has 1 aromatic carbocycles. The van der Waals surface area contributed by atoms with Gasteiger partial charge in [0.05, 0.1) is 17.1 Å². The second-order valence-electron chi connectivity index (χ2n) is 5.73. The Balaban J connectivity index is 1.95. The maximum Gasteiger partial charge on any atom is 0.258 e. The number of aryl methyl sites for hydroxylation is 1. The molecule has 0 N–H and O–H groups in total. The smallest absolute Gasteiger partial charge is 0.258 e. The van der Waals surface area contributed by atoms with Crippen molar-refractivity contribution in [3.8, 4) is 0 Å². The molecule has 0 bridgehead atoms. The van der Waals surface area contributed by atoms with Gasteiger partial charge in [0, 0.05) is 19.3 Å². The summed E-state index contributed by atoms with van der Waals surface area (Å²) in [5.74, 6) is -0.513. The fraction of sp³-hybridized carbons (Fsp3) is 0.176. The number of nitrogens with zero attached hydrogens (tertiary/aromatic N) is 3. The number of sulfonamides is 1. The van der Waals surface area contributed by atoms with Gasteiger partial charge in [0.1, 0.15) is 11.5 Å². The Hall–Kier alpha value is -2.58. The monoisotopic (exact) mass is 361 g/mol. The van der Waals surface area contributed by atoms with E-state index in [4.69, 9.17) is 0 Å².